The van der Waals surface area contributed by atoms with Crippen LogP contribution in [0.4, 0.5) is 22.0 Å². The van der Waals surface area contributed by atoms with Crippen molar-refractivity contribution >= 4 is 57.9 Å². The molecule has 0 spiro atoms. The van der Waals surface area contributed by atoms with Crippen molar-refractivity contribution in [1.82, 2.24) is 19.5 Å². The van der Waals surface area contributed by atoms with Gasteiger partial charge in [-0.05, 0) is 63.5 Å². The molecule has 12 heteroatoms. The molecule has 2 aliphatic carbocycles. The summed E-state index contributed by atoms with van der Waals surface area (Å²) >= 11 is 12.6. The Morgan fingerprint density at radius 1 is 1.11 bits per heavy atom. The van der Waals surface area contributed by atoms with E-state index in [9.17, 15) is 14.3 Å². The van der Waals surface area contributed by atoms with Crippen LogP contribution in [0.5, 0.6) is 0 Å². The molecule has 2 fully saturated rings. The average Bonchev–Trinajstić information content (AvgIpc) is 3.18. The summed E-state index contributed by atoms with van der Waals surface area (Å²) < 4.78 is 15.7. The van der Waals surface area contributed by atoms with E-state index in [4.69, 9.17) is 38.9 Å². The maximum absolute atomic E-state index is 13.8. The number of anilines is 3. The maximum Gasteiger partial charge on any atom is 0.224 e. The number of primary amides is 1. The number of aromatic nitrogens is 4. The van der Waals surface area contributed by atoms with Crippen molar-refractivity contribution in [2.24, 2.45) is 11.7 Å². The van der Waals surface area contributed by atoms with Gasteiger partial charge < -0.3 is 21.5 Å². The van der Waals surface area contributed by atoms with Crippen molar-refractivity contribution in [3.63, 3.8) is 0 Å². The third kappa shape index (κ3) is 5.21. The summed E-state index contributed by atoms with van der Waals surface area (Å²) in [6.45, 7) is 0. The quantitative estimate of drug-likeness (QED) is 0.351. The molecule has 2 aliphatic rings. The molecule has 0 radical (unpaired) electrons. The molecule has 5 N–H and O–H groups in total. The number of carbonyl (C=O) groups is 1. The molecule has 2 saturated carbocycles. The smallest absolute Gasteiger partial charge is 0.224 e. The lowest BCUT2D eigenvalue weighted by atomic mass is 9.85. The fourth-order valence-electron chi connectivity index (χ4n) is 5.26. The van der Waals surface area contributed by atoms with Crippen LogP contribution in [0.15, 0.2) is 18.3 Å². The van der Waals surface area contributed by atoms with Crippen molar-refractivity contribution in [1.29, 1.82) is 0 Å². The summed E-state index contributed by atoms with van der Waals surface area (Å²) in [5, 5.41) is 16.8. The Morgan fingerprint density at radius 3 is 2.50 bits per heavy atom. The molecular formula is C24H28Cl2FN7O2. The average molecular weight is 536 g/mol. The van der Waals surface area contributed by atoms with Gasteiger partial charge in [0.05, 0.1) is 28.0 Å². The fourth-order valence-corrected chi connectivity index (χ4v) is 5.82. The number of halogens is 3. The van der Waals surface area contributed by atoms with Crippen LogP contribution in [0.3, 0.4) is 0 Å². The van der Waals surface area contributed by atoms with Crippen LogP contribution < -0.4 is 16.4 Å². The lowest BCUT2D eigenvalue weighted by Gasteiger charge is -2.29. The second-order valence-electron chi connectivity index (χ2n) is 9.65. The van der Waals surface area contributed by atoms with Crippen molar-refractivity contribution in [3.05, 3.63) is 34.2 Å². The molecule has 9 nitrogen and oxygen atoms in total. The van der Waals surface area contributed by atoms with E-state index in [0.29, 0.717) is 60.9 Å². The minimum Gasteiger partial charge on any atom is -0.393 e. The molecular weight excluding hydrogens is 508 g/mol. The topological polar surface area (TPSA) is 131 Å². The monoisotopic (exact) mass is 535 g/mol. The van der Waals surface area contributed by atoms with Crippen LogP contribution in [0.1, 0.15) is 57.4 Å². The summed E-state index contributed by atoms with van der Waals surface area (Å²) in [5.41, 5.74) is 7.06. The summed E-state index contributed by atoms with van der Waals surface area (Å²) in [4.78, 5) is 25.6. The maximum atomic E-state index is 13.8. The molecule has 1 amide bonds. The van der Waals surface area contributed by atoms with Crippen molar-refractivity contribution in [2.45, 2.75) is 69.6 Å². The molecule has 1 aromatic carbocycles. The van der Waals surface area contributed by atoms with Gasteiger partial charge in [0.25, 0.3) is 0 Å². The molecule has 192 valence electrons. The highest BCUT2D eigenvalue weighted by atomic mass is 35.5. The first-order valence-electron chi connectivity index (χ1n) is 12.2. The van der Waals surface area contributed by atoms with E-state index >= 15 is 0 Å². The molecule has 0 saturated heterocycles. The zero-order chi connectivity index (χ0) is 25.4. The third-order valence-electron chi connectivity index (χ3n) is 7.12. The van der Waals surface area contributed by atoms with Crippen LogP contribution in [-0.4, -0.2) is 42.7 Å². The summed E-state index contributed by atoms with van der Waals surface area (Å²) in [5.74, 6) is -0.0719. The highest BCUT2D eigenvalue weighted by Crippen LogP contribution is 2.39. The molecule has 2 atom stereocenters. The predicted octanol–water partition coefficient (Wildman–Crippen LogP) is 4.95. The standard InChI is InChI=1S/C24H28Cl2FN7O2/c25-17-8-13(27)9-18(26)20(17)32-24-31-19-11-29-23(30-14-2-1-3-16(35)10-14)33-22(19)34(24)15-6-4-12(5-7-15)21(28)36/h8-9,11-12,14-16,35H,1-7,10H2,(H2,28,36)(H,31,32)(H,29,30,33)/t12-,14-,15-,16+/m0/s1. The zero-order valence-electron chi connectivity index (χ0n) is 19.6. The first kappa shape index (κ1) is 25.0. The number of carbonyl (C=O) groups excluding carboxylic acids is 1. The first-order valence-corrected chi connectivity index (χ1v) is 12.9. The van der Waals surface area contributed by atoms with E-state index < -0.39 is 5.82 Å². The number of nitrogens with zero attached hydrogens (tertiary/aromatic N) is 4. The van der Waals surface area contributed by atoms with Gasteiger partial charge in [-0.3, -0.25) is 9.36 Å². The van der Waals surface area contributed by atoms with Gasteiger partial charge in [-0.15, -0.1) is 0 Å². The van der Waals surface area contributed by atoms with Crippen LogP contribution in [-0.2, 0) is 4.79 Å². The van der Waals surface area contributed by atoms with E-state index in [1.165, 1.54) is 12.1 Å². The van der Waals surface area contributed by atoms with E-state index in [-0.39, 0.29) is 40.1 Å². The molecule has 2 aromatic heterocycles. The van der Waals surface area contributed by atoms with Gasteiger partial charge in [-0.1, -0.05) is 23.2 Å². The van der Waals surface area contributed by atoms with Gasteiger partial charge in [0, 0.05) is 18.0 Å². The van der Waals surface area contributed by atoms with Crippen LogP contribution in [0.25, 0.3) is 11.2 Å². The number of hydrogen-bond donors (Lipinski definition) is 4. The molecule has 2 heterocycles. The number of aliphatic hydroxyl groups is 1. The molecule has 5 rings (SSSR count). The van der Waals surface area contributed by atoms with Crippen LogP contribution in [0, 0.1) is 11.7 Å². The Balaban J connectivity index is 1.51. The van der Waals surface area contributed by atoms with Crippen molar-refractivity contribution < 1.29 is 14.3 Å². The third-order valence-corrected chi connectivity index (χ3v) is 7.72. The number of amides is 1. The molecule has 36 heavy (non-hydrogen) atoms. The molecule has 3 aromatic rings. The minimum absolute atomic E-state index is 0.00893. The number of imidazole rings is 1. The van der Waals surface area contributed by atoms with E-state index in [0.717, 1.165) is 19.3 Å². The molecule has 0 unspecified atom stereocenters. The van der Waals surface area contributed by atoms with E-state index in [2.05, 4.69) is 15.6 Å². The Hall–Kier alpha value is -2.69. The van der Waals surface area contributed by atoms with Gasteiger partial charge in [0.2, 0.25) is 17.8 Å². The number of benzene rings is 1. The van der Waals surface area contributed by atoms with E-state index in [1.807, 2.05) is 4.57 Å². The first-order chi connectivity index (χ1) is 17.3. The van der Waals surface area contributed by atoms with E-state index in [1.54, 1.807) is 6.20 Å². The summed E-state index contributed by atoms with van der Waals surface area (Å²) in [7, 11) is 0. The summed E-state index contributed by atoms with van der Waals surface area (Å²) in [6, 6.07) is 2.44. The normalized spacial score (nSPS) is 24.6. The van der Waals surface area contributed by atoms with Crippen LogP contribution >= 0.6 is 23.2 Å². The number of nitrogens with one attached hydrogen (secondary N) is 2. The van der Waals surface area contributed by atoms with Gasteiger partial charge in [-0.25, -0.2) is 14.4 Å². The Morgan fingerprint density at radius 2 is 1.83 bits per heavy atom. The van der Waals surface area contributed by atoms with Crippen molar-refractivity contribution in [3.8, 4) is 0 Å². The lowest BCUT2D eigenvalue weighted by molar-refractivity contribution is -0.122. The Kier molecular flexibility index (Phi) is 7.18. The van der Waals surface area contributed by atoms with Crippen molar-refractivity contribution in [2.75, 3.05) is 10.6 Å². The SMILES string of the molecule is NC(=O)[C@H]1CC[C@H](n2c(Nc3c(Cl)cc(F)cc3Cl)nc3cnc(N[C@H]4CCC[C@@H](O)C4)nc32)CC1. The largest absolute Gasteiger partial charge is 0.393 e. The van der Waals surface area contributed by atoms with Gasteiger partial charge >= 0.3 is 0 Å². The Bertz CT molecular complexity index is 1260. The van der Waals surface area contributed by atoms with Gasteiger partial charge in [-0.2, -0.15) is 4.98 Å². The highest BCUT2D eigenvalue weighted by molar-refractivity contribution is 6.39. The minimum atomic E-state index is -0.539. The second kappa shape index (κ2) is 10.4. The Labute approximate surface area is 217 Å². The lowest BCUT2D eigenvalue weighted by Crippen LogP contribution is -2.30. The second-order valence-corrected chi connectivity index (χ2v) is 10.5. The number of hydrogen-bond acceptors (Lipinski definition) is 7. The number of aliphatic hydroxyl groups excluding tert-OH is 1. The van der Waals surface area contributed by atoms with Crippen LogP contribution in [0.2, 0.25) is 10.0 Å². The summed E-state index contributed by atoms with van der Waals surface area (Å²) in [6.07, 6.45) is 7.38. The molecule has 0 bridgehead atoms. The zero-order valence-corrected chi connectivity index (χ0v) is 21.1. The predicted molar refractivity (Wildman–Crippen MR) is 137 cm³/mol. The number of rotatable bonds is 6. The number of fused-ring (bicyclic) bond motifs is 1. The fraction of sp³-hybridized carbons (Fsp3) is 0.500. The molecule has 0 aliphatic heterocycles. The van der Waals surface area contributed by atoms with Gasteiger partial charge in [0.15, 0.2) is 5.65 Å². The van der Waals surface area contributed by atoms with Gasteiger partial charge in [0.1, 0.15) is 11.3 Å². The highest BCUT2D eigenvalue weighted by Gasteiger charge is 2.30. The number of nitrogens with two attached hydrogens (primary N) is 1.